The predicted molar refractivity (Wildman–Crippen MR) is 92.6 cm³/mol. The largest absolute Gasteiger partial charge is 0.481 e. The van der Waals surface area contributed by atoms with Crippen LogP contribution in [-0.2, 0) is 21.2 Å². The van der Waals surface area contributed by atoms with Gasteiger partial charge in [-0.25, -0.2) is 13.1 Å². The maximum absolute atomic E-state index is 12.2. The Morgan fingerprint density at radius 2 is 1.72 bits per heavy atom. The molecule has 132 valence electrons. The molecule has 0 aromatic heterocycles. The zero-order valence-electron chi connectivity index (χ0n) is 13.3. The Balaban J connectivity index is 2.02. The molecule has 0 amide bonds. The van der Waals surface area contributed by atoms with Crippen LogP contribution >= 0.6 is 0 Å². The highest BCUT2D eigenvalue weighted by atomic mass is 32.2. The van der Waals surface area contributed by atoms with Crippen LogP contribution in [0.15, 0.2) is 64.7 Å². The lowest BCUT2D eigenvalue weighted by molar-refractivity contribution is -0.136. The predicted octanol–water partition coefficient (Wildman–Crippen LogP) is 2.49. The molecule has 0 heterocycles. The Morgan fingerprint density at radius 1 is 1.08 bits per heavy atom. The van der Waals surface area contributed by atoms with Crippen LogP contribution in [0.2, 0.25) is 0 Å². The average Bonchev–Trinajstić information content (AvgIpc) is 2.62. The molecule has 25 heavy (non-hydrogen) atoms. The number of aliphatic carboxylic acids is 1. The molecule has 2 aromatic rings. The average molecular weight is 362 g/mol. The third kappa shape index (κ3) is 5.47. The zero-order chi connectivity index (χ0) is 18.3. The van der Waals surface area contributed by atoms with E-state index in [0.29, 0.717) is 12.0 Å². The first-order valence-electron chi connectivity index (χ1n) is 7.60. The third-order valence-corrected chi connectivity index (χ3v) is 5.08. The molecule has 0 saturated carbocycles. The minimum absolute atomic E-state index is 0.0194. The number of nitrogens with one attached hydrogen (secondary N) is 1. The number of carbonyl (C=O) groups is 1. The molecule has 0 aliphatic carbocycles. The van der Waals surface area contributed by atoms with Gasteiger partial charge in [-0.1, -0.05) is 47.6 Å². The van der Waals surface area contributed by atoms with Crippen molar-refractivity contribution in [2.45, 2.75) is 23.8 Å². The lowest BCUT2D eigenvalue weighted by Gasteiger charge is -2.12. The van der Waals surface area contributed by atoms with Gasteiger partial charge < -0.3 is 5.11 Å². The molecule has 2 aromatic carbocycles. The van der Waals surface area contributed by atoms with Crippen molar-refractivity contribution in [3.05, 3.63) is 70.6 Å². The fraction of sp³-hybridized carbons (Fsp3) is 0.235. The number of nitrogens with zero attached hydrogens (tertiary/aromatic N) is 1. The number of benzene rings is 2. The van der Waals surface area contributed by atoms with E-state index in [1.807, 2.05) is 0 Å². The number of rotatable bonds is 9. The first-order valence-corrected chi connectivity index (χ1v) is 9.08. The number of aryl methyl sites for hydroxylation is 1. The standard InChI is InChI=1S/C17H18N2O5S/c20-17(21)11-8-13-6-9-14(10-7-13)16(19-22)12-18-25(23,24)15-4-2-1-3-5-15/h1-7,9-10,16,18H,8,11-12H2,(H,20,21). The summed E-state index contributed by atoms with van der Waals surface area (Å²) < 4.78 is 26.7. The molecule has 2 N–H and O–H groups in total. The first-order chi connectivity index (χ1) is 11.9. The number of carboxylic acid groups (broad SMARTS) is 1. The molecular weight excluding hydrogens is 344 g/mol. The van der Waals surface area contributed by atoms with Crippen LogP contribution in [0.5, 0.6) is 0 Å². The smallest absolute Gasteiger partial charge is 0.303 e. The van der Waals surface area contributed by atoms with Gasteiger partial charge in [0.15, 0.2) is 0 Å². The SMILES string of the molecule is O=NC(CNS(=O)(=O)c1ccccc1)c1ccc(CCC(=O)O)cc1. The topological polar surface area (TPSA) is 113 Å². The molecular formula is C17H18N2O5S. The highest BCUT2D eigenvalue weighted by Gasteiger charge is 2.18. The van der Waals surface area contributed by atoms with Gasteiger partial charge in [-0.05, 0) is 29.7 Å². The van der Waals surface area contributed by atoms with Gasteiger partial charge in [-0.2, -0.15) is 4.91 Å². The van der Waals surface area contributed by atoms with E-state index >= 15 is 0 Å². The van der Waals surface area contributed by atoms with Crippen molar-refractivity contribution in [3.63, 3.8) is 0 Å². The van der Waals surface area contributed by atoms with Crippen LogP contribution in [0.25, 0.3) is 0 Å². The van der Waals surface area contributed by atoms with Crippen molar-refractivity contribution in [1.29, 1.82) is 0 Å². The number of hydrogen-bond donors (Lipinski definition) is 2. The Bertz CT molecular complexity index is 820. The number of hydrogen-bond acceptors (Lipinski definition) is 5. The summed E-state index contributed by atoms with van der Waals surface area (Å²) in [6.45, 7) is -0.158. The third-order valence-electron chi connectivity index (χ3n) is 3.64. The zero-order valence-corrected chi connectivity index (χ0v) is 14.1. The van der Waals surface area contributed by atoms with E-state index in [-0.39, 0.29) is 17.9 Å². The number of sulfonamides is 1. The van der Waals surface area contributed by atoms with E-state index in [1.54, 1.807) is 42.5 Å². The fourth-order valence-corrected chi connectivity index (χ4v) is 3.30. The highest BCUT2D eigenvalue weighted by Crippen LogP contribution is 2.19. The summed E-state index contributed by atoms with van der Waals surface area (Å²) in [5.74, 6) is -0.883. The maximum Gasteiger partial charge on any atom is 0.303 e. The van der Waals surface area contributed by atoms with E-state index < -0.39 is 22.0 Å². The second kappa shape index (κ2) is 8.50. The van der Waals surface area contributed by atoms with Crippen molar-refractivity contribution in [1.82, 2.24) is 4.72 Å². The molecule has 1 unspecified atom stereocenters. The normalized spacial score (nSPS) is 12.5. The molecule has 8 heteroatoms. The molecule has 0 fully saturated rings. The summed E-state index contributed by atoms with van der Waals surface area (Å²) in [6, 6.07) is 13.7. The van der Waals surface area contributed by atoms with E-state index in [1.165, 1.54) is 12.1 Å². The molecule has 0 aliphatic heterocycles. The molecule has 0 saturated heterocycles. The molecule has 0 radical (unpaired) electrons. The molecule has 0 spiro atoms. The fourth-order valence-electron chi connectivity index (χ4n) is 2.25. The van der Waals surface area contributed by atoms with Gasteiger partial charge in [0, 0.05) is 13.0 Å². The maximum atomic E-state index is 12.2. The first kappa shape index (κ1) is 18.8. The molecule has 0 bridgehead atoms. The van der Waals surface area contributed by atoms with Crippen molar-refractivity contribution < 1.29 is 18.3 Å². The summed E-state index contributed by atoms with van der Waals surface area (Å²) in [6.07, 6.45) is 0.404. The minimum Gasteiger partial charge on any atom is -0.481 e. The van der Waals surface area contributed by atoms with E-state index in [9.17, 15) is 18.1 Å². The second-order valence-electron chi connectivity index (χ2n) is 5.42. The van der Waals surface area contributed by atoms with Crippen molar-refractivity contribution >= 4 is 16.0 Å². The highest BCUT2D eigenvalue weighted by molar-refractivity contribution is 7.89. The number of carboxylic acids is 1. The second-order valence-corrected chi connectivity index (χ2v) is 7.19. The van der Waals surface area contributed by atoms with Crippen molar-refractivity contribution in [3.8, 4) is 0 Å². The minimum atomic E-state index is -3.71. The lowest BCUT2D eigenvalue weighted by atomic mass is 10.0. The van der Waals surface area contributed by atoms with Gasteiger partial charge in [0.2, 0.25) is 10.0 Å². The summed E-state index contributed by atoms with van der Waals surface area (Å²) in [7, 11) is -3.71. The van der Waals surface area contributed by atoms with Gasteiger partial charge in [-0.3, -0.25) is 4.79 Å². The number of nitroso groups, excluding NO2 is 1. The van der Waals surface area contributed by atoms with Gasteiger partial charge in [0.05, 0.1) is 4.90 Å². The van der Waals surface area contributed by atoms with Crippen molar-refractivity contribution in [2.75, 3.05) is 6.54 Å². The van der Waals surface area contributed by atoms with Crippen LogP contribution < -0.4 is 4.72 Å². The van der Waals surface area contributed by atoms with Gasteiger partial charge >= 0.3 is 5.97 Å². The lowest BCUT2D eigenvalue weighted by Crippen LogP contribution is -2.28. The van der Waals surface area contributed by atoms with Crippen LogP contribution in [0.1, 0.15) is 23.6 Å². The summed E-state index contributed by atoms with van der Waals surface area (Å²) in [5.41, 5.74) is 1.38. The summed E-state index contributed by atoms with van der Waals surface area (Å²) in [5, 5.41) is 11.7. The van der Waals surface area contributed by atoms with E-state index in [2.05, 4.69) is 9.90 Å². The van der Waals surface area contributed by atoms with Crippen LogP contribution in [0.3, 0.4) is 0 Å². The Labute approximate surface area is 145 Å². The van der Waals surface area contributed by atoms with Gasteiger partial charge in [0.1, 0.15) is 6.04 Å². The van der Waals surface area contributed by atoms with Gasteiger partial charge in [0.25, 0.3) is 0 Å². The van der Waals surface area contributed by atoms with Crippen LogP contribution in [0.4, 0.5) is 0 Å². The monoisotopic (exact) mass is 362 g/mol. The molecule has 7 nitrogen and oxygen atoms in total. The molecule has 0 aliphatic rings. The summed E-state index contributed by atoms with van der Waals surface area (Å²) in [4.78, 5) is 21.8. The molecule has 1 atom stereocenters. The summed E-state index contributed by atoms with van der Waals surface area (Å²) >= 11 is 0. The van der Waals surface area contributed by atoms with Gasteiger partial charge in [-0.15, -0.1) is 0 Å². The van der Waals surface area contributed by atoms with Crippen LogP contribution in [-0.4, -0.2) is 26.0 Å². The van der Waals surface area contributed by atoms with E-state index in [4.69, 9.17) is 5.11 Å². The molecule has 2 rings (SSSR count). The van der Waals surface area contributed by atoms with E-state index in [0.717, 1.165) is 5.56 Å². The van der Waals surface area contributed by atoms with Crippen LogP contribution in [0, 0.1) is 4.91 Å². The Hall–Kier alpha value is -2.58. The Morgan fingerprint density at radius 3 is 2.28 bits per heavy atom. The van der Waals surface area contributed by atoms with Crippen molar-refractivity contribution in [2.24, 2.45) is 5.18 Å². The quantitative estimate of drug-likeness (QED) is 0.665. The Kier molecular flexibility index (Phi) is 6.37.